The van der Waals surface area contributed by atoms with Crippen molar-refractivity contribution < 1.29 is 28.4 Å². The SMILES string of the molecule is c1ccc(-c2ccc(COCCOCCOCCOCCOCCOCc3ccc4ccc5cccc6ccc3c4c56)cn2)nc1. The third-order valence-corrected chi connectivity index (χ3v) is 7.76. The molecule has 2 heterocycles. The normalized spacial score (nSPS) is 11.7. The fourth-order valence-corrected chi connectivity index (χ4v) is 5.47. The number of ether oxygens (including phenoxy) is 6. The second kappa shape index (κ2) is 17.1. The van der Waals surface area contributed by atoms with Crippen LogP contribution in [0.15, 0.2) is 97.3 Å². The Morgan fingerprint density at radius 3 is 1.59 bits per heavy atom. The number of pyridine rings is 2. The summed E-state index contributed by atoms with van der Waals surface area (Å²) < 4.78 is 34.0. The first-order valence-electron chi connectivity index (χ1n) is 15.8. The number of hydrogen-bond acceptors (Lipinski definition) is 8. The largest absolute Gasteiger partial charge is 0.377 e. The van der Waals surface area contributed by atoms with Crippen LogP contribution in [0.1, 0.15) is 11.1 Å². The zero-order valence-corrected chi connectivity index (χ0v) is 26.1. The highest BCUT2D eigenvalue weighted by atomic mass is 16.6. The van der Waals surface area contributed by atoms with E-state index in [0.717, 1.165) is 17.0 Å². The van der Waals surface area contributed by atoms with Crippen molar-refractivity contribution in [1.29, 1.82) is 0 Å². The first kappa shape index (κ1) is 31.9. The minimum Gasteiger partial charge on any atom is -0.377 e. The lowest BCUT2D eigenvalue weighted by Gasteiger charge is -2.14. The van der Waals surface area contributed by atoms with Crippen LogP contribution in [-0.2, 0) is 41.6 Å². The second-order valence-electron chi connectivity index (χ2n) is 10.9. The molecule has 0 spiro atoms. The summed E-state index contributed by atoms with van der Waals surface area (Å²) in [6.45, 7) is 6.25. The van der Waals surface area contributed by atoms with Crippen molar-refractivity contribution in [2.24, 2.45) is 0 Å². The maximum Gasteiger partial charge on any atom is 0.0886 e. The number of rotatable bonds is 20. The number of nitrogens with zero attached hydrogens (tertiary/aromatic N) is 2. The highest BCUT2D eigenvalue weighted by molar-refractivity contribution is 6.23. The summed E-state index contributed by atoms with van der Waals surface area (Å²) in [5, 5.41) is 7.72. The van der Waals surface area contributed by atoms with Crippen LogP contribution in [-0.4, -0.2) is 76.0 Å². The molecule has 4 aromatic carbocycles. The molecular formula is C38H40N2O6. The minimum atomic E-state index is 0.492. The maximum atomic E-state index is 5.95. The fraction of sp³-hybridized carbons (Fsp3) is 0.316. The van der Waals surface area contributed by atoms with Gasteiger partial charge in [-0.2, -0.15) is 0 Å². The van der Waals surface area contributed by atoms with Crippen LogP contribution in [0, 0.1) is 0 Å². The van der Waals surface area contributed by atoms with Crippen LogP contribution in [0.2, 0.25) is 0 Å². The molecule has 8 nitrogen and oxygen atoms in total. The van der Waals surface area contributed by atoms with Crippen LogP contribution in [0.25, 0.3) is 43.7 Å². The molecule has 0 aliphatic rings. The highest BCUT2D eigenvalue weighted by Crippen LogP contribution is 2.36. The standard InChI is InChI=1S/C38H40N2O6/c1-2-15-39-35(6-1)36-14-7-29(26-40-36)27-45-24-22-43-20-18-41-16-17-42-19-21-44-23-25-46-28-33-11-10-32-9-8-30-4-3-5-31-12-13-34(33)38(32)37(30)31/h1-15,26H,16-25,27-28H2. The molecule has 0 amide bonds. The number of hydrogen-bond donors (Lipinski definition) is 0. The van der Waals surface area contributed by atoms with Crippen LogP contribution in [0.3, 0.4) is 0 Å². The molecule has 6 rings (SSSR count). The van der Waals surface area contributed by atoms with E-state index in [4.69, 9.17) is 28.4 Å². The van der Waals surface area contributed by atoms with Gasteiger partial charge in [0.15, 0.2) is 0 Å². The molecule has 0 radical (unpaired) electrons. The van der Waals surface area contributed by atoms with E-state index in [9.17, 15) is 0 Å². The molecule has 0 aliphatic carbocycles. The zero-order valence-electron chi connectivity index (χ0n) is 26.1. The van der Waals surface area contributed by atoms with Gasteiger partial charge in [-0.05, 0) is 61.6 Å². The Hall–Kier alpha value is -4.02. The molecule has 0 atom stereocenters. The predicted molar refractivity (Wildman–Crippen MR) is 180 cm³/mol. The Morgan fingerprint density at radius 2 is 0.978 bits per heavy atom. The van der Waals surface area contributed by atoms with Gasteiger partial charge in [0.1, 0.15) is 0 Å². The van der Waals surface area contributed by atoms with E-state index in [-0.39, 0.29) is 0 Å². The van der Waals surface area contributed by atoms with Gasteiger partial charge in [-0.1, -0.05) is 66.7 Å². The fourth-order valence-electron chi connectivity index (χ4n) is 5.47. The van der Waals surface area contributed by atoms with Crippen molar-refractivity contribution in [3.05, 3.63) is 108 Å². The summed E-state index contributed by atoms with van der Waals surface area (Å²) in [4.78, 5) is 8.77. The van der Waals surface area contributed by atoms with E-state index in [1.807, 2.05) is 36.5 Å². The van der Waals surface area contributed by atoms with Crippen molar-refractivity contribution in [3.8, 4) is 11.4 Å². The Labute approximate surface area is 269 Å². The molecule has 0 N–H and O–H groups in total. The van der Waals surface area contributed by atoms with E-state index in [1.54, 1.807) is 6.20 Å². The van der Waals surface area contributed by atoms with Crippen LogP contribution in [0.4, 0.5) is 0 Å². The molecule has 6 aromatic rings. The third kappa shape index (κ3) is 8.61. The van der Waals surface area contributed by atoms with Crippen LogP contribution in [0.5, 0.6) is 0 Å². The molecule has 0 saturated carbocycles. The molecule has 46 heavy (non-hydrogen) atoms. The summed E-state index contributed by atoms with van der Waals surface area (Å²) >= 11 is 0. The predicted octanol–water partition coefficient (Wildman–Crippen LogP) is 6.84. The monoisotopic (exact) mass is 620 g/mol. The van der Waals surface area contributed by atoms with Gasteiger partial charge in [-0.3, -0.25) is 9.97 Å². The highest BCUT2D eigenvalue weighted by Gasteiger charge is 2.10. The van der Waals surface area contributed by atoms with Gasteiger partial charge >= 0.3 is 0 Å². The topological polar surface area (TPSA) is 81.2 Å². The molecule has 0 saturated heterocycles. The van der Waals surface area contributed by atoms with Gasteiger partial charge < -0.3 is 28.4 Å². The lowest BCUT2D eigenvalue weighted by atomic mass is 9.92. The van der Waals surface area contributed by atoms with Crippen molar-refractivity contribution in [1.82, 2.24) is 9.97 Å². The smallest absolute Gasteiger partial charge is 0.0886 e. The number of aromatic nitrogens is 2. The van der Waals surface area contributed by atoms with Crippen molar-refractivity contribution in [2.75, 3.05) is 66.1 Å². The summed E-state index contributed by atoms with van der Waals surface area (Å²) in [5.74, 6) is 0. The Balaban J connectivity index is 0.738. The van der Waals surface area contributed by atoms with E-state index < -0.39 is 0 Å². The summed E-state index contributed by atoms with van der Waals surface area (Å²) in [5.41, 5.74) is 3.92. The molecule has 0 bridgehead atoms. The molecule has 0 unspecified atom stereocenters. The van der Waals surface area contributed by atoms with Crippen molar-refractivity contribution in [3.63, 3.8) is 0 Å². The molecule has 238 valence electrons. The van der Waals surface area contributed by atoms with Crippen LogP contribution < -0.4 is 0 Å². The van der Waals surface area contributed by atoms with Gasteiger partial charge in [0, 0.05) is 12.4 Å². The molecule has 8 heteroatoms. The van der Waals surface area contributed by atoms with Crippen molar-refractivity contribution in [2.45, 2.75) is 13.2 Å². The molecular weight excluding hydrogens is 580 g/mol. The summed E-state index contributed by atoms with van der Waals surface area (Å²) in [7, 11) is 0. The van der Waals surface area contributed by atoms with Gasteiger partial charge in [0.2, 0.25) is 0 Å². The molecule has 2 aromatic heterocycles. The average Bonchev–Trinajstić information content (AvgIpc) is 3.11. The average molecular weight is 621 g/mol. The van der Waals surface area contributed by atoms with Gasteiger partial charge in [-0.15, -0.1) is 0 Å². The molecule has 0 fully saturated rings. The zero-order chi connectivity index (χ0) is 31.2. The molecule has 0 aliphatic heterocycles. The maximum absolute atomic E-state index is 5.95. The Bertz CT molecular complexity index is 1750. The van der Waals surface area contributed by atoms with Crippen LogP contribution >= 0.6 is 0 Å². The second-order valence-corrected chi connectivity index (χ2v) is 10.9. The quantitative estimate of drug-likeness (QED) is 0.0678. The third-order valence-electron chi connectivity index (χ3n) is 7.76. The lowest BCUT2D eigenvalue weighted by molar-refractivity contribution is -0.0185. The van der Waals surface area contributed by atoms with E-state index in [0.29, 0.717) is 79.3 Å². The van der Waals surface area contributed by atoms with Gasteiger partial charge in [-0.25, -0.2) is 0 Å². The van der Waals surface area contributed by atoms with Gasteiger partial charge in [0.05, 0.1) is 90.7 Å². The van der Waals surface area contributed by atoms with Crippen molar-refractivity contribution >= 4 is 32.3 Å². The minimum absolute atomic E-state index is 0.492. The van der Waals surface area contributed by atoms with E-state index in [1.165, 1.54) is 37.9 Å². The Morgan fingerprint density at radius 1 is 0.413 bits per heavy atom. The Kier molecular flexibility index (Phi) is 11.8. The van der Waals surface area contributed by atoms with E-state index in [2.05, 4.69) is 64.6 Å². The summed E-state index contributed by atoms with van der Waals surface area (Å²) in [6, 6.07) is 29.4. The first-order chi connectivity index (χ1) is 22.9. The first-order valence-corrected chi connectivity index (χ1v) is 15.8. The van der Waals surface area contributed by atoms with E-state index >= 15 is 0 Å². The number of benzene rings is 4. The summed E-state index contributed by atoms with van der Waals surface area (Å²) in [6.07, 6.45) is 3.58. The lowest BCUT2D eigenvalue weighted by Crippen LogP contribution is -2.14. The van der Waals surface area contributed by atoms with Gasteiger partial charge in [0.25, 0.3) is 0 Å².